The zero-order chi connectivity index (χ0) is 20.3. The van der Waals surface area contributed by atoms with Crippen LogP contribution in [-0.2, 0) is 14.3 Å². The van der Waals surface area contributed by atoms with Crippen molar-refractivity contribution < 1.29 is 29.3 Å². The van der Waals surface area contributed by atoms with E-state index in [2.05, 4.69) is 5.32 Å². The van der Waals surface area contributed by atoms with Gasteiger partial charge in [-0.05, 0) is 28.2 Å². The summed E-state index contributed by atoms with van der Waals surface area (Å²) in [4.78, 5) is 34.4. The normalized spacial score (nSPS) is 14.5. The van der Waals surface area contributed by atoms with Gasteiger partial charge in [0, 0.05) is 5.92 Å². The van der Waals surface area contributed by atoms with Crippen LogP contribution >= 0.6 is 0 Å². The van der Waals surface area contributed by atoms with Crippen LogP contribution in [0.2, 0.25) is 0 Å². The first-order chi connectivity index (χ1) is 13.4. The third-order valence-corrected chi connectivity index (χ3v) is 4.95. The Labute approximate surface area is 162 Å². The van der Waals surface area contributed by atoms with Crippen LogP contribution in [0.4, 0.5) is 4.79 Å². The lowest BCUT2D eigenvalue weighted by atomic mass is 9.98. The molecule has 3 rings (SSSR count). The van der Waals surface area contributed by atoms with Gasteiger partial charge in [0.15, 0.2) is 0 Å². The lowest BCUT2D eigenvalue weighted by molar-refractivity contribution is -0.142. The molecule has 2 aromatic carbocycles. The predicted octanol–water partition coefficient (Wildman–Crippen LogP) is 3.09. The number of hydrogen-bond donors (Lipinski definition) is 3. The fourth-order valence-electron chi connectivity index (χ4n) is 3.61. The maximum atomic E-state index is 12.2. The van der Waals surface area contributed by atoms with Crippen molar-refractivity contribution in [3.05, 3.63) is 59.7 Å². The number of ether oxygens (including phenoxy) is 1. The van der Waals surface area contributed by atoms with Crippen molar-refractivity contribution in [1.29, 1.82) is 0 Å². The van der Waals surface area contributed by atoms with Crippen LogP contribution in [0.25, 0.3) is 11.1 Å². The molecule has 7 nitrogen and oxygen atoms in total. The monoisotopic (exact) mass is 383 g/mol. The average molecular weight is 383 g/mol. The van der Waals surface area contributed by atoms with Gasteiger partial charge in [0.2, 0.25) is 0 Å². The van der Waals surface area contributed by atoms with Gasteiger partial charge in [-0.3, -0.25) is 4.79 Å². The molecule has 1 aliphatic rings. The number of carboxylic acids is 2. The standard InChI is InChI=1S/C21H21NO6/c1-12(10-18(23)24)19(20(25)26)22-21(27)28-11-17-15-8-4-2-6-13(15)14-7-3-5-9-16(14)17/h2-9,12,17,19H,10-11H2,1H3,(H,22,27)(H,23,24)(H,25,26)/t12-,19+/m1/s1. The number of alkyl carbamates (subject to hydrolysis) is 1. The van der Waals surface area contributed by atoms with Gasteiger partial charge in [0.05, 0.1) is 6.42 Å². The predicted molar refractivity (Wildman–Crippen MR) is 101 cm³/mol. The van der Waals surface area contributed by atoms with Gasteiger partial charge in [-0.15, -0.1) is 0 Å². The lowest BCUT2D eigenvalue weighted by Gasteiger charge is -2.21. The fraction of sp³-hybridized carbons (Fsp3) is 0.286. The SMILES string of the molecule is C[C@H](CC(=O)O)[C@H](NC(=O)OCC1c2ccccc2-c2ccccc21)C(=O)O. The second-order valence-electron chi connectivity index (χ2n) is 6.86. The van der Waals surface area contributed by atoms with E-state index in [1.807, 2.05) is 48.5 Å². The van der Waals surface area contributed by atoms with Crippen LogP contribution in [0.5, 0.6) is 0 Å². The minimum absolute atomic E-state index is 0.0551. The van der Waals surface area contributed by atoms with Crippen LogP contribution in [0.15, 0.2) is 48.5 Å². The Hall–Kier alpha value is -3.35. The molecule has 0 heterocycles. The molecule has 0 fully saturated rings. The number of carbonyl (C=O) groups excluding carboxylic acids is 1. The number of carboxylic acid groups (broad SMARTS) is 2. The Bertz CT molecular complexity index is 864. The second kappa shape index (κ2) is 8.12. The summed E-state index contributed by atoms with van der Waals surface area (Å²) >= 11 is 0. The first-order valence-electron chi connectivity index (χ1n) is 8.94. The van der Waals surface area contributed by atoms with Gasteiger partial charge >= 0.3 is 18.0 Å². The van der Waals surface area contributed by atoms with E-state index in [0.29, 0.717) is 0 Å². The number of benzene rings is 2. The molecule has 7 heteroatoms. The maximum absolute atomic E-state index is 12.2. The number of rotatable bonds is 7. The van der Waals surface area contributed by atoms with Crippen LogP contribution < -0.4 is 5.32 Å². The van der Waals surface area contributed by atoms with E-state index >= 15 is 0 Å². The summed E-state index contributed by atoms with van der Waals surface area (Å²) in [7, 11) is 0. The smallest absolute Gasteiger partial charge is 0.407 e. The molecule has 0 spiro atoms. The highest BCUT2D eigenvalue weighted by Crippen LogP contribution is 2.44. The summed E-state index contributed by atoms with van der Waals surface area (Å²) in [6, 6.07) is 14.4. The molecule has 0 unspecified atom stereocenters. The molecule has 1 amide bonds. The van der Waals surface area contributed by atoms with E-state index in [0.717, 1.165) is 22.3 Å². The maximum Gasteiger partial charge on any atom is 0.407 e. The zero-order valence-electron chi connectivity index (χ0n) is 15.3. The quantitative estimate of drug-likeness (QED) is 0.677. The van der Waals surface area contributed by atoms with Crippen molar-refractivity contribution in [3.8, 4) is 11.1 Å². The zero-order valence-corrected chi connectivity index (χ0v) is 15.3. The van der Waals surface area contributed by atoms with Gasteiger partial charge in [-0.1, -0.05) is 55.5 Å². The van der Waals surface area contributed by atoms with Crippen molar-refractivity contribution in [1.82, 2.24) is 5.32 Å². The summed E-state index contributed by atoms with van der Waals surface area (Å²) in [5.74, 6) is -3.36. The van der Waals surface area contributed by atoms with E-state index in [9.17, 15) is 19.5 Å². The molecular formula is C21H21NO6. The van der Waals surface area contributed by atoms with Gasteiger partial charge in [0.25, 0.3) is 0 Å². The highest BCUT2D eigenvalue weighted by molar-refractivity contribution is 5.82. The van der Waals surface area contributed by atoms with Crippen molar-refractivity contribution in [2.24, 2.45) is 5.92 Å². The summed E-state index contributed by atoms with van der Waals surface area (Å²) < 4.78 is 5.31. The van der Waals surface area contributed by atoms with Gasteiger partial charge in [0.1, 0.15) is 12.6 Å². The molecule has 1 aliphatic carbocycles. The van der Waals surface area contributed by atoms with Crippen LogP contribution in [0.1, 0.15) is 30.4 Å². The van der Waals surface area contributed by atoms with Gasteiger partial charge in [-0.25, -0.2) is 9.59 Å². The number of aliphatic carboxylic acids is 2. The third-order valence-electron chi connectivity index (χ3n) is 4.95. The molecule has 0 aromatic heterocycles. The minimum Gasteiger partial charge on any atom is -0.481 e. The van der Waals surface area contributed by atoms with E-state index < -0.39 is 30.0 Å². The lowest BCUT2D eigenvalue weighted by Crippen LogP contribution is -2.46. The molecule has 0 saturated carbocycles. The molecule has 28 heavy (non-hydrogen) atoms. The average Bonchev–Trinajstić information content (AvgIpc) is 2.97. The summed E-state index contributed by atoms with van der Waals surface area (Å²) in [6.07, 6.45) is -1.26. The van der Waals surface area contributed by atoms with Crippen molar-refractivity contribution in [2.75, 3.05) is 6.61 Å². The van der Waals surface area contributed by atoms with E-state index in [1.54, 1.807) is 0 Å². The Morgan fingerprint density at radius 2 is 1.54 bits per heavy atom. The Kier molecular flexibility index (Phi) is 5.63. The minimum atomic E-state index is -1.34. The number of fused-ring (bicyclic) bond motifs is 3. The number of hydrogen-bond acceptors (Lipinski definition) is 4. The largest absolute Gasteiger partial charge is 0.481 e. The molecule has 146 valence electrons. The van der Waals surface area contributed by atoms with Gasteiger partial charge < -0.3 is 20.3 Å². The highest BCUT2D eigenvalue weighted by Gasteiger charge is 2.31. The summed E-state index contributed by atoms with van der Waals surface area (Å²) in [6.45, 7) is 1.51. The molecule has 0 bridgehead atoms. The molecule has 0 aliphatic heterocycles. The topological polar surface area (TPSA) is 113 Å². The first kappa shape index (κ1) is 19.4. The van der Waals surface area contributed by atoms with Crippen LogP contribution in [0.3, 0.4) is 0 Å². The van der Waals surface area contributed by atoms with E-state index in [1.165, 1.54) is 6.92 Å². The highest BCUT2D eigenvalue weighted by atomic mass is 16.5. The summed E-state index contributed by atoms with van der Waals surface area (Å²) in [5, 5.41) is 20.4. The van der Waals surface area contributed by atoms with Crippen molar-refractivity contribution >= 4 is 18.0 Å². The Balaban J connectivity index is 1.69. The number of nitrogens with one attached hydrogen (secondary N) is 1. The second-order valence-corrected chi connectivity index (χ2v) is 6.86. The van der Waals surface area contributed by atoms with Gasteiger partial charge in [-0.2, -0.15) is 0 Å². The molecule has 3 N–H and O–H groups in total. The Morgan fingerprint density at radius 1 is 1.00 bits per heavy atom. The van der Waals surface area contributed by atoms with E-state index in [4.69, 9.17) is 9.84 Å². The number of amides is 1. The van der Waals surface area contributed by atoms with Crippen LogP contribution in [0, 0.1) is 5.92 Å². The molecule has 2 aromatic rings. The molecular weight excluding hydrogens is 362 g/mol. The Morgan fingerprint density at radius 3 is 2.04 bits per heavy atom. The molecule has 2 atom stereocenters. The molecule has 0 radical (unpaired) electrons. The van der Waals surface area contributed by atoms with E-state index in [-0.39, 0.29) is 18.9 Å². The summed E-state index contributed by atoms with van der Waals surface area (Å²) in [5.41, 5.74) is 4.27. The fourth-order valence-corrected chi connectivity index (χ4v) is 3.61. The first-order valence-corrected chi connectivity index (χ1v) is 8.94. The third kappa shape index (κ3) is 3.98. The molecule has 0 saturated heterocycles. The van der Waals surface area contributed by atoms with Crippen LogP contribution in [-0.4, -0.2) is 40.9 Å². The number of carbonyl (C=O) groups is 3. The van der Waals surface area contributed by atoms with Crippen molar-refractivity contribution in [2.45, 2.75) is 25.3 Å². The van der Waals surface area contributed by atoms with Crippen molar-refractivity contribution in [3.63, 3.8) is 0 Å².